The van der Waals surface area contributed by atoms with E-state index < -0.39 is 67.8 Å². The molecule has 14 nitrogen and oxygen atoms in total. The Hall–Kier alpha value is -4.51. The van der Waals surface area contributed by atoms with Crippen molar-refractivity contribution in [2.75, 3.05) is 21.3 Å². The molecule has 4 atom stereocenters. The van der Waals surface area contributed by atoms with Crippen LogP contribution < -0.4 is 30.2 Å². The molecule has 3 aromatic carbocycles. The zero-order valence-electron chi connectivity index (χ0n) is 33.2. The lowest BCUT2D eigenvalue weighted by Gasteiger charge is -2.41. The Morgan fingerprint density at radius 3 is 2.09 bits per heavy atom. The number of phenols is 1. The number of hydrogen-bond acceptors (Lipinski definition) is 11. The van der Waals surface area contributed by atoms with Gasteiger partial charge in [0.25, 0.3) is 0 Å². The van der Waals surface area contributed by atoms with Gasteiger partial charge in [0, 0.05) is 0 Å². The minimum Gasteiger partial charge on any atom is -0.504 e. The highest BCUT2D eigenvalue weighted by Gasteiger charge is 2.45. The van der Waals surface area contributed by atoms with E-state index in [-0.39, 0.29) is 38.4 Å². The predicted molar refractivity (Wildman–Crippen MR) is 215 cm³/mol. The number of esters is 1. The van der Waals surface area contributed by atoms with Crippen LogP contribution in [0.15, 0.2) is 53.0 Å². The summed E-state index contributed by atoms with van der Waals surface area (Å²) in [6, 6.07) is 7.45. The Labute approximate surface area is 341 Å². The van der Waals surface area contributed by atoms with E-state index >= 15 is 0 Å². The maximum Gasteiger partial charge on any atom is 0.408 e. The minimum atomic E-state index is -2.72. The molecule has 56 heavy (non-hydrogen) atoms. The summed E-state index contributed by atoms with van der Waals surface area (Å²) in [5.41, 5.74) is -0.262. The summed E-state index contributed by atoms with van der Waals surface area (Å²) >= 11 is 10.3. The molecule has 0 spiro atoms. The zero-order chi connectivity index (χ0) is 41.9. The first-order chi connectivity index (χ1) is 26.0. The number of benzene rings is 3. The maximum atomic E-state index is 14.7. The lowest BCUT2D eigenvalue weighted by atomic mass is 9.99. The average Bonchev–Trinajstić information content (AvgIpc) is 3.09. The molecule has 0 aliphatic carbocycles. The standard InChI is InChI=1S/C39H49BrClN3O11Si/c1-38(2,3)54-37(49)44-30-22-18-25(45)33(51-8)28(19-22)53-27-15-13-21(17-24(27)41)32(55-56(10,11)39(4,5)6)31(36(48)52-9)43-34(46)29(42-35(30)47)20-12-14-26(50-7)23(40)16-20/h12-19,29-32,45H,1-11H3,(H,42,47)(H,43,46)(H,44,49)/t29-,30+,31+,32-/m0/s1. The minimum absolute atomic E-state index is 0.0202. The summed E-state index contributed by atoms with van der Waals surface area (Å²) in [4.78, 5) is 56.2. The SMILES string of the molecule is COC(=O)[C@@H]1NC(=O)[C@H](c2ccc(OC)c(Br)c2)NC(=O)[C@H](NC(=O)OC(C)(C)C)c2cc(O)c(OC)c(c2)Oc2ccc(cc2Cl)[C@@H]1O[Si](C)(C)C(C)(C)C. The molecule has 3 aromatic rings. The van der Waals surface area contributed by atoms with E-state index in [1.54, 1.807) is 51.1 Å². The van der Waals surface area contributed by atoms with Crippen LogP contribution in [0.5, 0.6) is 28.7 Å². The van der Waals surface area contributed by atoms with Crippen molar-refractivity contribution in [3.8, 4) is 28.7 Å². The Balaban J connectivity index is 2.04. The Morgan fingerprint density at radius 2 is 1.54 bits per heavy atom. The van der Waals surface area contributed by atoms with E-state index in [0.717, 1.165) is 0 Å². The van der Waals surface area contributed by atoms with Crippen molar-refractivity contribution in [1.82, 2.24) is 16.0 Å². The van der Waals surface area contributed by atoms with Crippen molar-refractivity contribution in [2.24, 2.45) is 0 Å². The molecule has 0 saturated heterocycles. The van der Waals surface area contributed by atoms with Crippen LogP contribution in [-0.4, -0.2) is 70.3 Å². The highest BCUT2D eigenvalue weighted by atomic mass is 79.9. The number of carbonyl (C=O) groups is 4. The molecule has 2 aliphatic heterocycles. The Kier molecular flexibility index (Phi) is 13.7. The number of methoxy groups -OCH3 is 3. The third kappa shape index (κ3) is 10.3. The molecule has 304 valence electrons. The normalized spacial score (nSPS) is 19.2. The van der Waals surface area contributed by atoms with Gasteiger partial charge in [0.05, 0.1) is 30.8 Å². The largest absolute Gasteiger partial charge is 0.504 e. The van der Waals surface area contributed by atoms with E-state index in [1.807, 2.05) is 33.9 Å². The number of hydrogen-bond donors (Lipinski definition) is 4. The van der Waals surface area contributed by atoms with Crippen LogP contribution in [0.25, 0.3) is 0 Å². The number of carbonyl (C=O) groups excluding carboxylic acids is 4. The fraction of sp³-hybridized carbons (Fsp3) is 0.436. The monoisotopic (exact) mass is 877 g/mol. The summed E-state index contributed by atoms with van der Waals surface area (Å²) in [5.74, 6) is -2.63. The summed E-state index contributed by atoms with van der Waals surface area (Å²) < 4.78 is 35.1. The number of phenolic OH excluding ortho intramolecular Hbond substituents is 1. The number of rotatable bonds is 7. The quantitative estimate of drug-likeness (QED) is 0.135. The van der Waals surface area contributed by atoms with Crippen LogP contribution >= 0.6 is 27.5 Å². The van der Waals surface area contributed by atoms with E-state index in [1.165, 1.54) is 39.5 Å². The first-order valence-electron chi connectivity index (χ1n) is 17.6. The van der Waals surface area contributed by atoms with Gasteiger partial charge in [0.15, 0.2) is 25.9 Å². The van der Waals surface area contributed by atoms with Crippen molar-refractivity contribution in [1.29, 1.82) is 0 Å². The van der Waals surface area contributed by atoms with Crippen LogP contribution in [0.3, 0.4) is 0 Å². The molecule has 2 heterocycles. The van der Waals surface area contributed by atoms with Crippen LogP contribution in [0.4, 0.5) is 4.79 Å². The van der Waals surface area contributed by atoms with Crippen LogP contribution in [-0.2, 0) is 28.3 Å². The fourth-order valence-corrected chi connectivity index (χ4v) is 7.56. The smallest absolute Gasteiger partial charge is 0.408 e. The van der Waals surface area contributed by atoms with Gasteiger partial charge in [0.1, 0.15) is 35.3 Å². The number of halogens is 2. The molecule has 2 aliphatic rings. The van der Waals surface area contributed by atoms with Crippen molar-refractivity contribution >= 4 is 59.7 Å². The van der Waals surface area contributed by atoms with Crippen molar-refractivity contribution < 1.29 is 52.4 Å². The van der Waals surface area contributed by atoms with Gasteiger partial charge in [-0.05, 0) is 108 Å². The molecule has 0 fully saturated rings. The van der Waals surface area contributed by atoms with Gasteiger partial charge in [-0.3, -0.25) is 9.59 Å². The highest BCUT2D eigenvalue weighted by molar-refractivity contribution is 9.10. The van der Waals surface area contributed by atoms with E-state index in [4.69, 9.17) is 39.7 Å². The predicted octanol–water partition coefficient (Wildman–Crippen LogP) is 7.78. The van der Waals surface area contributed by atoms with Gasteiger partial charge in [0.2, 0.25) is 17.6 Å². The molecule has 3 amide bonds. The molecule has 0 aromatic heterocycles. The molecule has 4 N–H and O–H groups in total. The second-order valence-electron chi connectivity index (χ2n) is 15.6. The van der Waals surface area contributed by atoms with Crippen LogP contribution in [0, 0.1) is 0 Å². The van der Waals surface area contributed by atoms with Gasteiger partial charge in [-0.1, -0.05) is 44.5 Å². The molecule has 5 rings (SSSR count). The second-order valence-corrected chi connectivity index (χ2v) is 21.6. The van der Waals surface area contributed by atoms with E-state index in [2.05, 4.69) is 31.9 Å². The molecule has 4 bridgehead atoms. The molecule has 0 radical (unpaired) electrons. The summed E-state index contributed by atoms with van der Waals surface area (Å²) in [5, 5.41) is 19.0. The Bertz CT molecular complexity index is 1980. The van der Waals surface area contributed by atoms with Gasteiger partial charge < -0.3 is 49.2 Å². The lowest BCUT2D eigenvalue weighted by molar-refractivity contribution is -0.148. The maximum absolute atomic E-state index is 14.7. The lowest BCUT2D eigenvalue weighted by Crippen LogP contribution is -2.54. The number of alkyl carbamates (subject to hydrolysis) is 1. The number of nitrogens with one attached hydrogen (secondary N) is 3. The van der Waals surface area contributed by atoms with Gasteiger partial charge in [-0.2, -0.15) is 0 Å². The average molecular weight is 879 g/mol. The third-order valence-electron chi connectivity index (χ3n) is 9.36. The van der Waals surface area contributed by atoms with Crippen LogP contribution in [0.2, 0.25) is 23.2 Å². The highest BCUT2D eigenvalue weighted by Crippen LogP contribution is 2.45. The van der Waals surface area contributed by atoms with Crippen molar-refractivity contribution in [2.45, 2.75) is 89.5 Å². The number of ether oxygens (including phenoxy) is 5. The third-order valence-corrected chi connectivity index (χ3v) is 14.7. The van der Waals surface area contributed by atoms with Gasteiger partial charge >= 0.3 is 12.1 Å². The topological polar surface area (TPSA) is 180 Å². The van der Waals surface area contributed by atoms with E-state index in [9.17, 15) is 24.3 Å². The van der Waals surface area contributed by atoms with Crippen molar-refractivity contribution in [3.63, 3.8) is 0 Å². The first-order valence-corrected chi connectivity index (χ1v) is 21.7. The van der Waals surface area contributed by atoms with Gasteiger partial charge in [-0.25, -0.2) is 9.59 Å². The number of fused-ring (bicyclic) bond motifs is 9. The number of amides is 3. The Morgan fingerprint density at radius 1 is 0.875 bits per heavy atom. The molecule has 17 heteroatoms. The molecule has 0 unspecified atom stereocenters. The summed E-state index contributed by atoms with van der Waals surface area (Å²) in [6.07, 6.45) is -2.12. The summed E-state index contributed by atoms with van der Waals surface area (Å²) in [7, 11) is 1.24. The second kappa shape index (κ2) is 17.3. The molecule has 0 saturated carbocycles. The summed E-state index contributed by atoms with van der Waals surface area (Å²) in [6.45, 7) is 15.0. The zero-order valence-corrected chi connectivity index (χ0v) is 36.6. The van der Waals surface area contributed by atoms with Crippen molar-refractivity contribution in [3.05, 3.63) is 74.7 Å². The van der Waals surface area contributed by atoms with E-state index in [0.29, 0.717) is 15.8 Å². The van der Waals surface area contributed by atoms with Crippen LogP contribution in [0.1, 0.15) is 76.4 Å². The van der Waals surface area contributed by atoms with Gasteiger partial charge in [-0.15, -0.1) is 0 Å². The number of aromatic hydroxyl groups is 1. The molecular formula is C39H49BrClN3O11Si. The first kappa shape index (κ1) is 44.2. The molecular weight excluding hydrogens is 830 g/mol. The fourth-order valence-electron chi connectivity index (χ4n) is 5.51.